The highest BCUT2D eigenvalue weighted by molar-refractivity contribution is 7.46. The summed E-state index contributed by atoms with van der Waals surface area (Å²) in [4.78, 5) is 101. The average Bonchev–Trinajstić information content (AvgIpc) is 3.65. The molecule has 0 bridgehead atoms. The SMILES string of the molecule is NC(=O)CC[C@H](NC(=O)[C@@H]1CC[C@@H]2CCCCC(NC(=O)[C@@H](CC(=O)OCc3ccccc3)Cc3ccc(OP(=O)(O)O)cc3)C(=O)N21)C(=O)NCCCCc1ccccc1. The van der Waals surface area contributed by atoms with Crippen molar-refractivity contribution in [2.45, 2.75) is 114 Å². The van der Waals surface area contributed by atoms with E-state index in [1.165, 1.54) is 34.7 Å². The molecule has 5 rings (SSSR count). The standard InChI is InChI=1S/C44H56N5O11P/c45-39(50)25-23-36(42(53)46-26-10-9-13-30-11-3-1-4-12-30)47-43(54)38-24-20-34-16-7-8-17-37(44(55)49(34)38)48-41(52)33(28-40(51)59-29-32-14-5-2-6-15-32)27-31-18-21-35(22-19-31)60-61(56,57)58/h1-6,11-12,14-15,18-19,21-22,33-34,36-38H,7-10,13,16-17,20,23-29H2,(H2,45,50)(H,46,53)(H,47,54)(H,48,52)(H2,56,57,58)/t33-,34+,36+,37?,38+/m1/s1. The number of hydrogen-bond acceptors (Lipinski definition) is 9. The number of ether oxygens (including phenoxy) is 1. The molecule has 1 unspecified atom stereocenters. The number of carbonyl (C=O) groups is 6. The minimum Gasteiger partial charge on any atom is -0.461 e. The molecule has 5 amide bonds. The highest BCUT2D eigenvalue weighted by Crippen LogP contribution is 2.37. The van der Waals surface area contributed by atoms with Crippen LogP contribution >= 0.6 is 7.82 Å². The smallest absolute Gasteiger partial charge is 0.461 e. The lowest BCUT2D eigenvalue weighted by molar-refractivity contribution is -0.149. The van der Waals surface area contributed by atoms with E-state index in [-0.39, 0.29) is 50.5 Å². The molecule has 2 fully saturated rings. The van der Waals surface area contributed by atoms with Gasteiger partial charge in [-0.1, -0.05) is 85.6 Å². The number of nitrogens with one attached hydrogen (secondary N) is 3. The summed E-state index contributed by atoms with van der Waals surface area (Å²) in [6.07, 6.45) is 5.10. The number of benzene rings is 3. The maximum absolute atomic E-state index is 14.4. The summed E-state index contributed by atoms with van der Waals surface area (Å²) in [7, 11) is -4.80. The second-order valence-corrected chi connectivity index (χ2v) is 16.8. The second-order valence-electron chi connectivity index (χ2n) is 15.6. The molecule has 5 atom stereocenters. The van der Waals surface area contributed by atoms with Crippen LogP contribution < -0.4 is 26.2 Å². The van der Waals surface area contributed by atoms with E-state index in [0.717, 1.165) is 24.8 Å². The molecule has 17 heteroatoms. The molecule has 3 aromatic rings. The van der Waals surface area contributed by atoms with E-state index in [1.807, 2.05) is 36.4 Å². The van der Waals surface area contributed by atoms with Crippen molar-refractivity contribution >= 4 is 43.3 Å². The van der Waals surface area contributed by atoms with Crippen LogP contribution in [0.25, 0.3) is 0 Å². The van der Waals surface area contributed by atoms with Gasteiger partial charge in [-0.05, 0) is 86.6 Å². The minimum absolute atomic E-state index is 0.0108. The molecule has 2 aliphatic rings. The molecule has 2 heterocycles. The molecule has 0 radical (unpaired) electrons. The quantitative estimate of drug-likeness (QED) is 0.0512. The number of phosphoric ester groups is 1. The van der Waals surface area contributed by atoms with Crippen LogP contribution in [0, 0.1) is 5.92 Å². The molecule has 7 N–H and O–H groups in total. The third-order valence-corrected chi connectivity index (χ3v) is 11.4. The fourth-order valence-electron chi connectivity index (χ4n) is 7.83. The zero-order valence-corrected chi connectivity index (χ0v) is 35.0. The molecule has 0 aliphatic carbocycles. The lowest BCUT2D eigenvalue weighted by atomic mass is 9.93. The van der Waals surface area contributed by atoms with Gasteiger partial charge in [-0.2, -0.15) is 0 Å². The number of nitrogens with zero attached hydrogens (tertiary/aromatic N) is 1. The van der Waals surface area contributed by atoms with Gasteiger partial charge in [-0.3, -0.25) is 38.6 Å². The minimum atomic E-state index is -4.80. The molecule has 0 spiro atoms. The maximum atomic E-state index is 14.4. The average molecular weight is 862 g/mol. The fraction of sp³-hybridized carbons (Fsp3) is 0.455. The second kappa shape index (κ2) is 22.9. The van der Waals surface area contributed by atoms with Gasteiger partial charge in [0.25, 0.3) is 0 Å². The van der Waals surface area contributed by atoms with E-state index in [1.54, 1.807) is 24.3 Å². The van der Waals surface area contributed by atoms with Crippen LogP contribution in [0.1, 0.15) is 87.3 Å². The van der Waals surface area contributed by atoms with Crippen molar-refractivity contribution in [3.63, 3.8) is 0 Å². The molecule has 0 saturated carbocycles. The molecule has 16 nitrogen and oxygen atoms in total. The molecule has 61 heavy (non-hydrogen) atoms. The Morgan fingerprint density at radius 1 is 0.820 bits per heavy atom. The summed E-state index contributed by atoms with van der Waals surface area (Å²) in [6, 6.07) is 21.4. The number of rotatable bonds is 21. The number of hydrogen-bond donors (Lipinski definition) is 6. The number of amides is 5. The lowest BCUT2D eigenvalue weighted by Gasteiger charge is -2.36. The highest BCUT2D eigenvalue weighted by Gasteiger charge is 2.45. The van der Waals surface area contributed by atoms with Gasteiger partial charge in [-0.25, -0.2) is 4.57 Å². The number of unbranched alkanes of at least 4 members (excludes halogenated alkanes) is 1. The Bertz CT molecular complexity index is 2000. The molecule has 0 aromatic heterocycles. The molecular formula is C44H56N5O11P. The number of nitrogens with two attached hydrogens (primary N) is 1. The Labute approximate surface area is 355 Å². The number of carbonyl (C=O) groups excluding carboxylic acids is 6. The third kappa shape index (κ3) is 15.1. The number of fused-ring (bicyclic) bond motifs is 1. The Balaban J connectivity index is 1.25. The van der Waals surface area contributed by atoms with Crippen molar-refractivity contribution in [2.24, 2.45) is 11.7 Å². The molecule has 2 saturated heterocycles. The van der Waals surface area contributed by atoms with Crippen LogP contribution in [0.15, 0.2) is 84.9 Å². The zero-order chi connectivity index (χ0) is 43.8. The van der Waals surface area contributed by atoms with E-state index in [9.17, 15) is 43.1 Å². The lowest BCUT2D eigenvalue weighted by Crippen LogP contribution is -2.58. The summed E-state index contributed by atoms with van der Waals surface area (Å²) < 4.78 is 21.5. The van der Waals surface area contributed by atoms with Crippen LogP contribution in [0.2, 0.25) is 0 Å². The van der Waals surface area contributed by atoms with Gasteiger partial charge in [0.05, 0.1) is 12.3 Å². The van der Waals surface area contributed by atoms with Gasteiger partial charge in [0.15, 0.2) is 0 Å². The summed E-state index contributed by atoms with van der Waals surface area (Å²) in [5.74, 6) is -4.40. The van der Waals surface area contributed by atoms with Gasteiger partial charge in [-0.15, -0.1) is 0 Å². The van der Waals surface area contributed by atoms with Crippen molar-refractivity contribution in [3.8, 4) is 5.75 Å². The first kappa shape index (κ1) is 46.5. The summed E-state index contributed by atoms with van der Waals surface area (Å²) in [5, 5.41) is 8.53. The van der Waals surface area contributed by atoms with Crippen molar-refractivity contribution < 1.29 is 52.4 Å². The molecule has 2 aliphatic heterocycles. The number of aryl methyl sites for hydroxylation is 1. The van der Waals surface area contributed by atoms with Crippen LogP contribution in [0.4, 0.5) is 0 Å². The van der Waals surface area contributed by atoms with E-state index >= 15 is 0 Å². The van der Waals surface area contributed by atoms with Crippen molar-refractivity contribution in [1.29, 1.82) is 0 Å². The Morgan fingerprint density at radius 3 is 2.16 bits per heavy atom. The number of esters is 1. The van der Waals surface area contributed by atoms with Crippen molar-refractivity contribution in [3.05, 3.63) is 102 Å². The Hall–Kier alpha value is -5.57. The first-order valence-electron chi connectivity index (χ1n) is 20.8. The summed E-state index contributed by atoms with van der Waals surface area (Å²) in [6.45, 7) is 0.358. The predicted molar refractivity (Wildman–Crippen MR) is 224 cm³/mol. The van der Waals surface area contributed by atoms with Crippen LogP contribution in [-0.4, -0.2) is 80.9 Å². The zero-order valence-electron chi connectivity index (χ0n) is 34.1. The first-order chi connectivity index (χ1) is 29.3. The van der Waals surface area contributed by atoms with E-state index in [2.05, 4.69) is 20.5 Å². The van der Waals surface area contributed by atoms with E-state index in [0.29, 0.717) is 44.2 Å². The maximum Gasteiger partial charge on any atom is 0.524 e. The normalized spacial score (nSPS) is 18.7. The first-order valence-corrected chi connectivity index (χ1v) is 22.3. The van der Waals surface area contributed by atoms with Gasteiger partial charge in [0.1, 0.15) is 30.5 Å². The Kier molecular flexibility index (Phi) is 17.4. The van der Waals surface area contributed by atoms with Crippen molar-refractivity contribution in [2.75, 3.05) is 6.54 Å². The summed E-state index contributed by atoms with van der Waals surface area (Å²) in [5.41, 5.74) is 7.91. The number of phosphoric acid groups is 1. The summed E-state index contributed by atoms with van der Waals surface area (Å²) >= 11 is 0. The monoisotopic (exact) mass is 861 g/mol. The van der Waals surface area contributed by atoms with E-state index < -0.39 is 67.4 Å². The van der Waals surface area contributed by atoms with Crippen LogP contribution in [0.5, 0.6) is 5.75 Å². The molecular weight excluding hydrogens is 805 g/mol. The third-order valence-electron chi connectivity index (χ3n) is 11.0. The highest BCUT2D eigenvalue weighted by atomic mass is 31.2. The Morgan fingerprint density at radius 2 is 1.49 bits per heavy atom. The van der Waals surface area contributed by atoms with Gasteiger partial charge in [0.2, 0.25) is 29.5 Å². The van der Waals surface area contributed by atoms with Gasteiger partial charge < -0.3 is 35.8 Å². The van der Waals surface area contributed by atoms with Gasteiger partial charge in [0, 0.05) is 19.0 Å². The van der Waals surface area contributed by atoms with Crippen LogP contribution in [-0.2, 0) is 57.5 Å². The molecule has 328 valence electrons. The number of primary amides is 1. The van der Waals surface area contributed by atoms with Crippen LogP contribution in [0.3, 0.4) is 0 Å². The van der Waals surface area contributed by atoms with E-state index in [4.69, 9.17) is 10.5 Å². The fourth-order valence-corrected chi connectivity index (χ4v) is 8.23. The van der Waals surface area contributed by atoms with Crippen molar-refractivity contribution in [1.82, 2.24) is 20.9 Å². The van der Waals surface area contributed by atoms with Gasteiger partial charge >= 0.3 is 13.8 Å². The topological polar surface area (TPSA) is 244 Å². The molecule has 3 aromatic carbocycles. The predicted octanol–water partition coefficient (Wildman–Crippen LogP) is 3.76. The largest absolute Gasteiger partial charge is 0.524 e.